The number of Topliss-reactive ketones (excluding diaryl/α,β-unsaturated/α-hetero) is 4. The van der Waals surface area contributed by atoms with Gasteiger partial charge in [-0.2, -0.15) is 0 Å². The first-order chi connectivity index (χ1) is 27.9. The Morgan fingerprint density at radius 1 is 0.627 bits per heavy atom. The van der Waals surface area contributed by atoms with Crippen molar-refractivity contribution in [2.75, 3.05) is 14.2 Å². The first kappa shape index (κ1) is 47.1. The molecule has 0 radical (unpaired) electrons. The molecular formula is C43H44F6N4O6. The normalized spacial score (nSPS) is 16.2. The number of carbonyl (C=O) groups is 4. The molecule has 2 unspecified atom stereocenters. The van der Waals surface area contributed by atoms with Crippen molar-refractivity contribution in [3.05, 3.63) is 134 Å². The summed E-state index contributed by atoms with van der Waals surface area (Å²) < 4.78 is 90.3. The van der Waals surface area contributed by atoms with Crippen LogP contribution in [0.25, 0.3) is 6.08 Å². The largest absolute Gasteiger partial charge is 0.468 e. The lowest BCUT2D eigenvalue weighted by molar-refractivity contribution is -0.120. The van der Waals surface area contributed by atoms with Crippen LogP contribution in [0.4, 0.5) is 26.3 Å². The van der Waals surface area contributed by atoms with E-state index in [2.05, 4.69) is 20.6 Å². The fraction of sp³-hybridized carbons (Fsp3) is 0.302. The number of nitrogens with one attached hydrogen (secondary N) is 2. The molecule has 2 aliphatic heterocycles. The summed E-state index contributed by atoms with van der Waals surface area (Å²) in [5.41, 5.74) is 2.22. The summed E-state index contributed by atoms with van der Waals surface area (Å²) >= 11 is 0. The maximum absolute atomic E-state index is 14.0. The Hall–Kier alpha value is -6.32. The van der Waals surface area contributed by atoms with Crippen LogP contribution in [0.2, 0.25) is 0 Å². The molecule has 0 aromatic heterocycles. The van der Waals surface area contributed by atoms with E-state index >= 15 is 0 Å². The predicted molar refractivity (Wildman–Crippen MR) is 210 cm³/mol. The van der Waals surface area contributed by atoms with Gasteiger partial charge in [-0.25, -0.2) is 36.3 Å². The number of allylic oxidation sites excluding steroid dienone is 3. The number of hydrogen-bond donors (Lipinski definition) is 2. The van der Waals surface area contributed by atoms with Gasteiger partial charge in [0, 0.05) is 63.9 Å². The molecule has 3 aromatic carbocycles. The molecule has 0 spiro atoms. The molecule has 16 heteroatoms. The number of rotatable bonds is 10. The first-order valence-electron chi connectivity index (χ1n) is 18.3. The summed E-state index contributed by atoms with van der Waals surface area (Å²) in [5, 5.41) is 5.81. The highest BCUT2D eigenvalue weighted by atomic mass is 19.2. The van der Waals surface area contributed by atoms with Gasteiger partial charge in [0.2, 0.25) is 0 Å². The number of halogens is 6. The number of hydrogen-bond acceptors (Lipinski definition) is 10. The highest BCUT2D eigenvalue weighted by Crippen LogP contribution is 2.35. The van der Waals surface area contributed by atoms with E-state index in [0.29, 0.717) is 41.4 Å². The highest BCUT2D eigenvalue weighted by Gasteiger charge is 2.32. The van der Waals surface area contributed by atoms with E-state index in [1.54, 1.807) is 6.92 Å². The molecule has 0 fully saturated rings. The predicted octanol–water partition coefficient (Wildman–Crippen LogP) is 8.65. The standard InChI is InChI=1S/2C15H16F2N2O2.C13H12F2O2/c2*1-4-12-13(8(2)20)14(19-15(18-12)21-3)10-6-5-9(16)7-11(10)17;1-3-13(17)11(8(2)16)6-9-4-5-10(14)7-12(9)15/h2*5-7,14H,4H2,1-3H3,(H,18,19);4-7H,3H2,1-2H3. The number of ketones is 4. The van der Waals surface area contributed by atoms with Crippen molar-refractivity contribution in [2.24, 2.45) is 9.98 Å². The zero-order valence-corrected chi connectivity index (χ0v) is 33.7. The van der Waals surface area contributed by atoms with Crippen molar-refractivity contribution in [1.29, 1.82) is 0 Å². The molecule has 59 heavy (non-hydrogen) atoms. The van der Waals surface area contributed by atoms with Crippen LogP contribution >= 0.6 is 0 Å². The van der Waals surface area contributed by atoms with Crippen molar-refractivity contribution >= 4 is 41.3 Å². The topological polar surface area (TPSA) is 136 Å². The van der Waals surface area contributed by atoms with Crippen molar-refractivity contribution in [3.63, 3.8) is 0 Å². The van der Waals surface area contributed by atoms with Crippen LogP contribution in [-0.4, -0.2) is 49.4 Å². The molecule has 2 atom stereocenters. The van der Waals surface area contributed by atoms with Crippen LogP contribution in [0.15, 0.2) is 92.7 Å². The van der Waals surface area contributed by atoms with E-state index in [9.17, 15) is 45.5 Å². The molecule has 2 heterocycles. The third kappa shape index (κ3) is 12.1. The zero-order valence-electron chi connectivity index (χ0n) is 33.7. The van der Waals surface area contributed by atoms with Gasteiger partial charge >= 0.3 is 0 Å². The Kier molecular flexibility index (Phi) is 17.1. The Labute approximate surface area is 337 Å². The fourth-order valence-electron chi connectivity index (χ4n) is 5.97. The van der Waals surface area contributed by atoms with Crippen LogP contribution in [-0.2, 0) is 28.7 Å². The Bertz CT molecular complexity index is 2150. The van der Waals surface area contributed by atoms with Crippen LogP contribution < -0.4 is 10.6 Å². The number of amidine groups is 2. The summed E-state index contributed by atoms with van der Waals surface area (Å²) in [6.07, 6.45) is 2.39. The molecule has 314 valence electrons. The number of benzene rings is 3. The van der Waals surface area contributed by atoms with Gasteiger partial charge in [0.25, 0.3) is 12.0 Å². The van der Waals surface area contributed by atoms with Gasteiger partial charge in [0.1, 0.15) is 47.0 Å². The monoisotopic (exact) mass is 826 g/mol. The summed E-state index contributed by atoms with van der Waals surface area (Å²) in [5.74, 6) is -5.56. The maximum atomic E-state index is 14.0. The second-order valence-corrected chi connectivity index (χ2v) is 12.8. The summed E-state index contributed by atoms with van der Waals surface area (Å²) in [4.78, 5) is 54.9. The summed E-state index contributed by atoms with van der Waals surface area (Å²) in [6, 6.07) is 8.14. The number of carbonyl (C=O) groups excluding carboxylic acids is 4. The van der Waals surface area contributed by atoms with Crippen LogP contribution in [0.5, 0.6) is 0 Å². The molecular weight excluding hydrogens is 782 g/mol. The summed E-state index contributed by atoms with van der Waals surface area (Å²) in [7, 11) is 2.85. The van der Waals surface area contributed by atoms with E-state index in [0.717, 1.165) is 36.4 Å². The van der Waals surface area contributed by atoms with Crippen molar-refractivity contribution in [1.82, 2.24) is 10.6 Å². The highest BCUT2D eigenvalue weighted by molar-refractivity contribution is 6.22. The molecule has 0 amide bonds. The SMILES string of the molecule is CCC(=O)C(=Cc1ccc(F)cc1F)C(C)=O.CCC1=C(C(C)=O)C(c2ccc(F)cc2F)N=C(OC)N1.CCC1=C(C(C)=O)C(c2ccc(F)cc2F)N=C(OC)N1. The second-order valence-electron chi connectivity index (χ2n) is 12.8. The third-order valence-electron chi connectivity index (χ3n) is 8.84. The van der Waals surface area contributed by atoms with Gasteiger partial charge in [0.15, 0.2) is 23.1 Å². The molecule has 0 saturated heterocycles. The van der Waals surface area contributed by atoms with Gasteiger partial charge in [-0.15, -0.1) is 0 Å². The van der Waals surface area contributed by atoms with Crippen molar-refractivity contribution in [3.8, 4) is 0 Å². The molecule has 3 aromatic rings. The van der Waals surface area contributed by atoms with Gasteiger partial charge in [-0.05, 0) is 64.0 Å². The van der Waals surface area contributed by atoms with Crippen molar-refractivity contribution < 1.29 is 55.0 Å². The number of ether oxygens (including phenoxy) is 2. The minimum absolute atomic E-state index is 0.0263. The maximum Gasteiger partial charge on any atom is 0.289 e. The lowest BCUT2D eigenvalue weighted by Crippen LogP contribution is -2.33. The van der Waals surface area contributed by atoms with Gasteiger partial charge < -0.3 is 20.1 Å². The second kappa shape index (κ2) is 21.4. The Morgan fingerprint density at radius 2 is 1.02 bits per heavy atom. The van der Waals surface area contributed by atoms with E-state index < -0.39 is 52.8 Å². The number of nitrogens with zero attached hydrogens (tertiary/aromatic N) is 2. The van der Waals surface area contributed by atoms with Gasteiger partial charge in [-0.3, -0.25) is 19.2 Å². The average molecular weight is 827 g/mol. The third-order valence-corrected chi connectivity index (χ3v) is 8.84. The van der Waals surface area contributed by atoms with Crippen LogP contribution in [0, 0.1) is 34.9 Å². The van der Waals surface area contributed by atoms with Gasteiger partial charge in [-0.1, -0.05) is 32.9 Å². The van der Waals surface area contributed by atoms with E-state index in [-0.39, 0.29) is 58.1 Å². The molecule has 0 bridgehead atoms. The van der Waals surface area contributed by atoms with E-state index in [1.165, 1.54) is 53.2 Å². The zero-order chi connectivity index (χ0) is 44.1. The molecule has 0 saturated carbocycles. The molecule has 2 N–H and O–H groups in total. The van der Waals surface area contributed by atoms with Crippen LogP contribution in [0.3, 0.4) is 0 Å². The molecule has 5 rings (SSSR count). The van der Waals surface area contributed by atoms with Crippen LogP contribution in [0.1, 0.15) is 89.6 Å². The quantitative estimate of drug-likeness (QED) is 0.0898. The van der Waals surface area contributed by atoms with E-state index in [1.807, 2.05) is 13.8 Å². The summed E-state index contributed by atoms with van der Waals surface area (Å²) in [6.45, 7) is 9.37. The minimum atomic E-state index is -0.839. The lowest BCUT2D eigenvalue weighted by atomic mass is 9.92. The lowest BCUT2D eigenvalue weighted by Gasteiger charge is -2.26. The number of methoxy groups -OCH3 is 2. The van der Waals surface area contributed by atoms with Crippen molar-refractivity contribution in [2.45, 2.75) is 72.9 Å². The molecule has 0 aliphatic carbocycles. The number of aliphatic imine (C=N–C) groups is 2. The average Bonchev–Trinajstić information content (AvgIpc) is 3.19. The Balaban J connectivity index is 0.000000238. The van der Waals surface area contributed by atoms with E-state index in [4.69, 9.17) is 9.47 Å². The van der Waals surface area contributed by atoms with Gasteiger partial charge in [0.05, 0.1) is 19.8 Å². The Morgan fingerprint density at radius 3 is 1.32 bits per heavy atom. The first-order valence-corrected chi connectivity index (χ1v) is 18.3. The molecule has 2 aliphatic rings. The minimum Gasteiger partial charge on any atom is -0.468 e. The fourth-order valence-corrected chi connectivity index (χ4v) is 5.97. The smallest absolute Gasteiger partial charge is 0.289 e. The molecule has 10 nitrogen and oxygen atoms in total.